The standard InChI is InChI=1S/C29H34FN5O3/c1-3-38-29(37)34-19-17-33(18-20-34)16-8-10-23-9-7-13-26(27(23)30)35(25-11-5-4-6-12-25)28(36)32-24-15-14-22(2)31-21-24/h4-7,9,11-15,21H,3,8,10,16-20H2,1-2H3,(H,32,36). The molecule has 1 fully saturated rings. The van der Waals surface area contributed by atoms with Gasteiger partial charge in [0.05, 0.1) is 29.9 Å². The Balaban J connectivity index is 1.43. The smallest absolute Gasteiger partial charge is 0.409 e. The number of para-hydroxylation sites is 1. The molecule has 3 aromatic rings. The van der Waals surface area contributed by atoms with Gasteiger partial charge in [-0.3, -0.25) is 14.8 Å². The van der Waals surface area contributed by atoms with E-state index in [1.165, 1.54) is 4.90 Å². The first kappa shape index (κ1) is 27.1. The van der Waals surface area contributed by atoms with E-state index in [-0.39, 0.29) is 11.8 Å². The van der Waals surface area contributed by atoms with E-state index in [2.05, 4.69) is 15.2 Å². The zero-order valence-corrected chi connectivity index (χ0v) is 21.9. The highest BCUT2D eigenvalue weighted by Crippen LogP contribution is 2.31. The number of benzene rings is 2. The van der Waals surface area contributed by atoms with Crippen molar-refractivity contribution in [3.8, 4) is 0 Å². The molecule has 4 rings (SSSR count). The molecule has 1 aliphatic heterocycles. The van der Waals surface area contributed by atoms with Gasteiger partial charge in [-0.05, 0) is 69.1 Å². The van der Waals surface area contributed by atoms with Crippen LogP contribution in [0.2, 0.25) is 0 Å². The predicted molar refractivity (Wildman–Crippen MR) is 146 cm³/mol. The predicted octanol–water partition coefficient (Wildman–Crippen LogP) is 5.61. The van der Waals surface area contributed by atoms with Gasteiger partial charge in [0.1, 0.15) is 0 Å². The third-order valence-electron chi connectivity index (χ3n) is 6.50. The fourth-order valence-electron chi connectivity index (χ4n) is 4.46. The van der Waals surface area contributed by atoms with Crippen molar-refractivity contribution >= 4 is 29.2 Å². The molecular weight excluding hydrogens is 485 g/mol. The highest BCUT2D eigenvalue weighted by Gasteiger charge is 2.24. The number of hydrogen-bond donors (Lipinski definition) is 1. The van der Waals surface area contributed by atoms with Crippen molar-refractivity contribution in [1.29, 1.82) is 0 Å². The van der Waals surface area contributed by atoms with Crippen LogP contribution in [0.15, 0.2) is 66.9 Å². The second-order valence-corrected chi connectivity index (χ2v) is 9.17. The molecule has 1 aliphatic rings. The van der Waals surface area contributed by atoms with Gasteiger partial charge in [-0.2, -0.15) is 0 Å². The number of anilines is 3. The zero-order valence-electron chi connectivity index (χ0n) is 21.9. The van der Waals surface area contributed by atoms with Gasteiger partial charge < -0.3 is 15.0 Å². The van der Waals surface area contributed by atoms with Crippen LogP contribution in [0, 0.1) is 12.7 Å². The maximum atomic E-state index is 15.8. The quantitative estimate of drug-likeness (QED) is 0.419. The lowest BCUT2D eigenvalue weighted by molar-refractivity contribution is 0.0794. The van der Waals surface area contributed by atoms with Crippen molar-refractivity contribution in [1.82, 2.24) is 14.8 Å². The van der Waals surface area contributed by atoms with Crippen molar-refractivity contribution < 1.29 is 18.7 Å². The Morgan fingerprint density at radius 2 is 1.79 bits per heavy atom. The van der Waals surface area contributed by atoms with Gasteiger partial charge in [0.2, 0.25) is 0 Å². The van der Waals surface area contributed by atoms with E-state index < -0.39 is 11.8 Å². The normalized spacial score (nSPS) is 13.7. The topological polar surface area (TPSA) is 78.0 Å². The van der Waals surface area contributed by atoms with Crippen LogP contribution in [-0.2, 0) is 11.2 Å². The number of pyridine rings is 1. The van der Waals surface area contributed by atoms with Gasteiger partial charge in [0.15, 0.2) is 5.82 Å². The minimum absolute atomic E-state index is 0.189. The van der Waals surface area contributed by atoms with Crippen LogP contribution in [-0.4, -0.2) is 66.2 Å². The largest absolute Gasteiger partial charge is 0.450 e. The summed E-state index contributed by atoms with van der Waals surface area (Å²) >= 11 is 0. The summed E-state index contributed by atoms with van der Waals surface area (Å²) < 4.78 is 20.9. The Bertz CT molecular complexity index is 1210. The van der Waals surface area contributed by atoms with Crippen LogP contribution in [0.5, 0.6) is 0 Å². The summed E-state index contributed by atoms with van der Waals surface area (Å²) in [6, 6.07) is 17.3. The van der Waals surface area contributed by atoms with Gasteiger partial charge in [0.25, 0.3) is 0 Å². The summed E-state index contributed by atoms with van der Waals surface area (Å²) in [6.45, 7) is 7.61. The van der Waals surface area contributed by atoms with Crippen molar-refractivity contribution in [3.05, 3.63) is 83.9 Å². The van der Waals surface area contributed by atoms with Crippen molar-refractivity contribution in [2.24, 2.45) is 0 Å². The molecule has 0 aliphatic carbocycles. The van der Waals surface area contributed by atoms with E-state index >= 15 is 4.39 Å². The Hall–Kier alpha value is -3.98. The van der Waals surface area contributed by atoms with E-state index in [1.807, 2.05) is 25.1 Å². The summed E-state index contributed by atoms with van der Waals surface area (Å²) in [5.74, 6) is -0.416. The van der Waals surface area contributed by atoms with Crippen LogP contribution in [0.3, 0.4) is 0 Å². The number of nitrogens with zero attached hydrogens (tertiary/aromatic N) is 4. The molecule has 1 saturated heterocycles. The van der Waals surface area contributed by atoms with Gasteiger partial charge in [-0.1, -0.05) is 30.3 Å². The molecule has 200 valence electrons. The average molecular weight is 520 g/mol. The molecule has 2 heterocycles. The summed E-state index contributed by atoms with van der Waals surface area (Å²) in [4.78, 5) is 34.9. The fraction of sp³-hybridized carbons (Fsp3) is 0.345. The first-order chi connectivity index (χ1) is 18.5. The number of carbonyl (C=O) groups excluding carboxylic acids is 2. The van der Waals surface area contributed by atoms with Crippen LogP contribution < -0.4 is 10.2 Å². The Morgan fingerprint density at radius 1 is 1.03 bits per heavy atom. The van der Waals surface area contributed by atoms with E-state index in [0.717, 1.165) is 31.7 Å². The molecule has 8 nitrogen and oxygen atoms in total. The van der Waals surface area contributed by atoms with Crippen LogP contribution in [0.4, 0.5) is 31.0 Å². The van der Waals surface area contributed by atoms with Crippen molar-refractivity contribution in [3.63, 3.8) is 0 Å². The summed E-state index contributed by atoms with van der Waals surface area (Å²) in [6.07, 6.45) is 2.60. The molecular formula is C29H34FN5O3. The van der Waals surface area contributed by atoms with Gasteiger partial charge in [-0.25, -0.2) is 14.0 Å². The number of urea groups is 1. The number of piperazine rings is 1. The lowest BCUT2D eigenvalue weighted by Crippen LogP contribution is -2.49. The number of aromatic nitrogens is 1. The van der Waals surface area contributed by atoms with Crippen LogP contribution in [0.1, 0.15) is 24.6 Å². The second-order valence-electron chi connectivity index (χ2n) is 9.17. The summed E-state index contributed by atoms with van der Waals surface area (Å²) in [5.41, 5.74) is 2.66. The summed E-state index contributed by atoms with van der Waals surface area (Å²) in [5, 5.41) is 2.83. The minimum Gasteiger partial charge on any atom is -0.450 e. The third-order valence-corrected chi connectivity index (χ3v) is 6.50. The Kier molecular flexibility index (Phi) is 9.26. The van der Waals surface area contributed by atoms with Crippen molar-refractivity contribution in [2.75, 3.05) is 49.5 Å². The van der Waals surface area contributed by atoms with Crippen LogP contribution in [0.25, 0.3) is 0 Å². The fourth-order valence-corrected chi connectivity index (χ4v) is 4.46. The maximum Gasteiger partial charge on any atom is 0.409 e. The molecule has 0 bridgehead atoms. The number of carbonyl (C=O) groups is 2. The Labute approximate surface area is 223 Å². The SMILES string of the molecule is CCOC(=O)N1CCN(CCCc2cccc(N(C(=O)Nc3ccc(C)nc3)c3ccccc3)c2F)CC1. The summed E-state index contributed by atoms with van der Waals surface area (Å²) in [7, 11) is 0. The monoisotopic (exact) mass is 519 g/mol. The molecule has 0 atom stereocenters. The molecule has 1 aromatic heterocycles. The number of hydrogen-bond acceptors (Lipinski definition) is 5. The molecule has 1 N–H and O–H groups in total. The number of amides is 3. The molecule has 38 heavy (non-hydrogen) atoms. The highest BCUT2D eigenvalue weighted by atomic mass is 19.1. The first-order valence-corrected chi connectivity index (χ1v) is 13.0. The average Bonchev–Trinajstić information content (AvgIpc) is 2.93. The van der Waals surface area contributed by atoms with E-state index in [0.29, 0.717) is 43.1 Å². The number of aryl methyl sites for hydroxylation is 2. The zero-order chi connectivity index (χ0) is 26.9. The molecule has 0 unspecified atom stereocenters. The number of rotatable bonds is 8. The molecule has 0 spiro atoms. The van der Waals surface area contributed by atoms with Crippen molar-refractivity contribution in [2.45, 2.75) is 26.7 Å². The molecule has 0 radical (unpaired) electrons. The first-order valence-electron chi connectivity index (χ1n) is 13.0. The minimum atomic E-state index is -0.475. The molecule has 3 amide bonds. The van der Waals surface area contributed by atoms with Gasteiger partial charge in [-0.15, -0.1) is 0 Å². The van der Waals surface area contributed by atoms with Gasteiger partial charge in [0, 0.05) is 31.9 Å². The second kappa shape index (κ2) is 13.0. The van der Waals surface area contributed by atoms with E-state index in [9.17, 15) is 9.59 Å². The van der Waals surface area contributed by atoms with Crippen LogP contribution >= 0.6 is 0 Å². The maximum absolute atomic E-state index is 15.8. The number of nitrogens with one attached hydrogen (secondary N) is 1. The lowest BCUT2D eigenvalue weighted by atomic mass is 10.1. The molecule has 2 aromatic carbocycles. The number of halogens is 1. The third kappa shape index (κ3) is 6.86. The molecule has 0 saturated carbocycles. The van der Waals surface area contributed by atoms with Gasteiger partial charge >= 0.3 is 12.1 Å². The molecule has 9 heteroatoms. The van der Waals surface area contributed by atoms with E-state index in [1.54, 1.807) is 60.5 Å². The number of ether oxygens (including phenoxy) is 1. The Morgan fingerprint density at radius 3 is 2.47 bits per heavy atom. The lowest BCUT2D eigenvalue weighted by Gasteiger charge is -2.34. The van der Waals surface area contributed by atoms with E-state index in [4.69, 9.17) is 4.74 Å². The highest BCUT2D eigenvalue weighted by molar-refractivity contribution is 6.07.